The molecule has 3 amide bonds. The van der Waals surface area contributed by atoms with Crippen LogP contribution in [0.2, 0.25) is 5.02 Å². The van der Waals surface area contributed by atoms with E-state index in [9.17, 15) is 18.4 Å². The Hall–Kier alpha value is -3.11. The number of hydrogen-bond donors (Lipinski definition) is 3. The largest absolute Gasteiger partial charge is 0.326 e. The van der Waals surface area contributed by atoms with Crippen molar-refractivity contribution in [2.45, 2.75) is 26.3 Å². The molecule has 3 N–H and O–H groups in total. The molecule has 0 aliphatic rings. The minimum atomic E-state index is -0.929. The van der Waals surface area contributed by atoms with Crippen molar-refractivity contribution in [2.24, 2.45) is 5.92 Å². The predicted octanol–water partition coefficient (Wildman–Crippen LogP) is 5.31. The van der Waals surface area contributed by atoms with Gasteiger partial charge in [0.25, 0.3) is 0 Å². The fourth-order valence-electron chi connectivity index (χ4n) is 2.79. The molecule has 2 aromatic carbocycles. The maximum atomic E-state index is 13.8. The third-order valence-electron chi connectivity index (χ3n) is 4.69. The standard InChI is InChI=1S/C21H20ClF2N5O2S/c1-3-11(2)17(26-20(31)25-16-8-7-14(23)10-15(16)24)18(30)27-21-29-28-19(32-21)12-5-4-6-13(22)9-12/h4-11,17H,3H2,1-2H3,(H2,25,26,31)(H,27,29,30)/t11-,17+/m1/s1. The highest BCUT2D eigenvalue weighted by atomic mass is 35.5. The predicted molar refractivity (Wildman–Crippen MR) is 121 cm³/mol. The molecular weight excluding hydrogens is 460 g/mol. The lowest BCUT2D eigenvalue weighted by atomic mass is 9.98. The molecule has 0 unspecified atom stereocenters. The normalized spacial score (nSPS) is 12.7. The minimum Gasteiger partial charge on any atom is -0.326 e. The summed E-state index contributed by atoms with van der Waals surface area (Å²) in [5.74, 6) is -2.42. The van der Waals surface area contributed by atoms with Crippen LogP contribution in [0, 0.1) is 17.6 Å². The van der Waals surface area contributed by atoms with E-state index in [0.717, 1.165) is 29.0 Å². The number of halogens is 3. The highest BCUT2D eigenvalue weighted by Gasteiger charge is 2.27. The van der Waals surface area contributed by atoms with Crippen molar-refractivity contribution in [3.8, 4) is 10.6 Å². The van der Waals surface area contributed by atoms with E-state index in [2.05, 4.69) is 26.1 Å². The topological polar surface area (TPSA) is 96.0 Å². The van der Waals surface area contributed by atoms with E-state index in [0.29, 0.717) is 22.5 Å². The Balaban J connectivity index is 1.69. The molecule has 0 spiro atoms. The van der Waals surface area contributed by atoms with E-state index in [-0.39, 0.29) is 16.7 Å². The molecule has 3 rings (SSSR count). The zero-order valence-corrected chi connectivity index (χ0v) is 18.7. The molecule has 1 heterocycles. The van der Waals surface area contributed by atoms with Crippen LogP contribution in [0.15, 0.2) is 42.5 Å². The Morgan fingerprint density at radius 3 is 2.59 bits per heavy atom. The Labute approximate surface area is 192 Å². The fraction of sp³-hybridized carbons (Fsp3) is 0.238. The molecule has 0 saturated carbocycles. The summed E-state index contributed by atoms with van der Waals surface area (Å²) in [7, 11) is 0. The van der Waals surface area contributed by atoms with Crippen LogP contribution < -0.4 is 16.0 Å². The number of urea groups is 1. The summed E-state index contributed by atoms with van der Waals surface area (Å²) in [6.45, 7) is 3.66. The van der Waals surface area contributed by atoms with Gasteiger partial charge in [0.05, 0.1) is 5.69 Å². The lowest BCUT2D eigenvalue weighted by molar-refractivity contribution is -0.119. The number of rotatable bonds is 7. The van der Waals surface area contributed by atoms with E-state index in [1.807, 2.05) is 13.0 Å². The minimum absolute atomic E-state index is 0.206. The van der Waals surface area contributed by atoms with Gasteiger partial charge in [-0.05, 0) is 30.2 Å². The van der Waals surface area contributed by atoms with Crippen molar-refractivity contribution in [2.75, 3.05) is 10.6 Å². The molecule has 168 valence electrons. The zero-order chi connectivity index (χ0) is 23.3. The van der Waals surface area contributed by atoms with E-state index in [4.69, 9.17) is 11.6 Å². The number of hydrogen-bond acceptors (Lipinski definition) is 5. The van der Waals surface area contributed by atoms with Crippen LogP contribution >= 0.6 is 22.9 Å². The van der Waals surface area contributed by atoms with E-state index in [1.54, 1.807) is 25.1 Å². The third kappa shape index (κ3) is 5.98. The van der Waals surface area contributed by atoms with Crippen LogP contribution in [0.4, 0.5) is 24.4 Å². The first-order chi connectivity index (χ1) is 15.3. The van der Waals surface area contributed by atoms with Crippen LogP contribution in [0.5, 0.6) is 0 Å². The molecule has 0 radical (unpaired) electrons. The molecule has 0 aliphatic carbocycles. The highest BCUT2D eigenvalue weighted by molar-refractivity contribution is 7.18. The quantitative estimate of drug-likeness (QED) is 0.427. The van der Waals surface area contributed by atoms with Crippen LogP contribution in [0.25, 0.3) is 10.6 Å². The summed E-state index contributed by atoms with van der Waals surface area (Å²) < 4.78 is 26.9. The molecule has 0 bridgehead atoms. The van der Waals surface area contributed by atoms with Gasteiger partial charge in [-0.2, -0.15) is 0 Å². The average Bonchev–Trinajstić information content (AvgIpc) is 3.22. The number of benzene rings is 2. The second kappa shape index (κ2) is 10.5. The molecule has 0 aliphatic heterocycles. The first kappa shape index (κ1) is 23.6. The molecule has 0 fully saturated rings. The zero-order valence-electron chi connectivity index (χ0n) is 17.2. The molecule has 11 heteroatoms. The van der Waals surface area contributed by atoms with Gasteiger partial charge in [-0.15, -0.1) is 10.2 Å². The summed E-state index contributed by atoms with van der Waals surface area (Å²) in [5, 5.41) is 16.9. The Kier molecular flexibility index (Phi) is 7.70. The van der Waals surface area contributed by atoms with Gasteiger partial charge >= 0.3 is 6.03 Å². The smallest absolute Gasteiger partial charge is 0.319 e. The van der Waals surface area contributed by atoms with E-state index < -0.39 is 29.6 Å². The second-order valence-corrected chi connectivity index (χ2v) is 8.41. The van der Waals surface area contributed by atoms with E-state index >= 15 is 0 Å². The second-order valence-electron chi connectivity index (χ2n) is 7.00. The van der Waals surface area contributed by atoms with Gasteiger partial charge < -0.3 is 10.6 Å². The first-order valence-electron chi connectivity index (χ1n) is 9.69. The number of nitrogens with zero attached hydrogens (tertiary/aromatic N) is 2. The van der Waals surface area contributed by atoms with Gasteiger partial charge in [-0.3, -0.25) is 10.1 Å². The van der Waals surface area contributed by atoms with Crippen molar-refractivity contribution < 1.29 is 18.4 Å². The number of carbonyl (C=O) groups is 2. The lowest BCUT2D eigenvalue weighted by Crippen LogP contribution is -2.49. The fourth-order valence-corrected chi connectivity index (χ4v) is 3.72. The maximum absolute atomic E-state index is 13.8. The van der Waals surface area contributed by atoms with Crippen LogP contribution in [0.3, 0.4) is 0 Å². The van der Waals surface area contributed by atoms with Crippen molar-refractivity contribution >= 4 is 45.7 Å². The number of amides is 3. The lowest BCUT2D eigenvalue weighted by Gasteiger charge is -2.23. The molecule has 7 nitrogen and oxygen atoms in total. The van der Waals surface area contributed by atoms with Crippen LogP contribution in [-0.2, 0) is 4.79 Å². The van der Waals surface area contributed by atoms with E-state index in [1.165, 1.54) is 0 Å². The summed E-state index contributed by atoms with van der Waals surface area (Å²) in [5.41, 5.74) is 0.551. The number of nitrogens with one attached hydrogen (secondary N) is 3. The van der Waals surface area contributed by atoms with Gasteiger partial charge in [0.2, 0.25) is 11.0 Å². The summed E-state index contributed by atoms with van der Waals surface area (Å²) in [4.78, 5) is 25.2. The summed E-state index contributed by atoms with van der Waals surface area (Å²) in [6, 6.07) is 8.11. The Bertz CT molecular complexity index is 1130. The van der Waals surface area contributed by atoms with Crippen LogP contribution in [-0.4, -0.2) is 28.2 Å². The van der Waals surface area contributed by atoms with Crippen molar-refractivity contribution in [1.29, 1.82) is 0 Å². The summed E-state index contributed by atoms with van der Waals surface area (Å²) >= 11 is 7.16. The maximum Gasteiger partial charge on any atom is 0.319 e. The van der Waals surface area contributed by atoms with Crippen molar-refractivity contribution in [3.63, 3.8) is 0 Å². The number of anilines is 2. The molecule has 0 saturated heterocycles. The van der Waals surface area contributed by atoms with Crippen molar-refractivity contribution in [1.82, 2.24) is 15.5 Å². The van der Waals surface area contributed by atoms with Gasteiger partial charge in [0, 0.05) is 16.7 Å². The Morgan fingerprint density at radius 2 is 1.91 bits per heavy atom. The molecule has 3 aromatic rings. The average molecular weight is 480 g/mol. The van der Waals surface area contributed by atoms with Crippen LogP contribution in [0.1, 0.15) is 20.3 Å². The molecular formula is C21H20ClF2N5O2S. The third-order valence-corrected chi connectivity index (χ3v) is 5.81. The molecule has 2 atom stereocenters. The number of aromatic nitrogens is 2. The number of carbonyl (C=O) groups excluding carboxylic acids is 2. The first-order valence-corrected chi connectivity index (χ1v) is 10.9. The van der Waals surface area contributed by atoms with Gasteiger partial charge in [-0.25, -0.2) is 13.6 Å². The van der Waals surface area contributed by atoms with Gasteiger partial charge in [0.15, 0.2) is 0 Å². The summed E-state index contributed by atoms with van der Waals surface area (Å²) in [6.07, 6.45) is 0.590. The molecule has 1 aromatic heterocycles. The SMILES string of the molecule is CC[C@@H](C)[C@H](NC(=O)Nc1ccc(F)cc1F)C(=O)Nc1nnc(-c2cccc(Cl)c2)s1. The highest BCUT2D eigenvalue weighted by Crippen LogP contribution is 2.28. The molecule has 32 heavy (non-hydrogen) atoms. The Morgan fingerprint density at radius 1 is 1.12 bits per heavy atom. The monoisotopic (exact) mass is 479 g/mol. The van der Waals surface area contributed by atoms with Gasteiger partial charge in [-0.1, -0.05) is 55.3 Å². The van der Waals surface area contributed by atoms with Gasteiger partial charge in [0.1, 0.15) is 22.7 Å². The van der Waals surface area contributed by atoms with Crippen molar-refractivity contribution in [3.05, 3.63) is 59.1 Å².